The number of carbonyl (C=O) groups is 2. The predicted octanol–water partition coefficient (Wildman–Crippen LogP) is 1.10. The Labute approximate surface area is 159 Å². The van der Waals surface area contributed by atoms with Crippen LogP contribution in [-0.2, 0) is 14.3 Å². The lowest BCUT2D eigenvalue weighted by molar-refractivity contribution is -0.167. The van der Waals surface area contributed by atoms with Crippen LogP contribution in [0.2, 0.25) is 0 Å². The molecule has 2 amide bonds. The number of rotatable bonds is 2. The minimum absolute atomic E-state index is 0.0250. The average Bonchev–Trinajstić information content (AvgIpc) is 3.37. The molecule has 0 radical (unpaired) electrons. The van der Waals surface area contributed by atoms with Gasteiger partial charge in [-0.25, -0.2) is 0 Å². The topological polar surface area (TPSA) is 61.9 Å². The quantitative estimate of drug-likeness (QED) is 0.848. The van der Waals surface area contributed by atoms with E-state index in [0.29, 0.717) is 23.9 Å². The van der Waals surface area contributed by atoms with E-state index in [9.17, 15) is 9.59 Å². The lowest BCUT2D eigenvalue weighted by Crippen LogP contribution is -2.54. The molecule has 0 aliphatic carbocycles. The molecule has 6 atom stereocenters. The van der Waals surface area contributed by atoms with Crippen LogP contribution in [0.4, 0.5) is 0 Å². The molecule has 6 heteroatoms. The molecule has 144 valence electrons. The molecular weight excluding hydrogens is 342 g/mol. The maximum Gasteiger partial charge on any atom is 0.254 e. The fraction of sp³-hybridized carbons (Fsp3) is 0.619. The van der Waals surface area contributed by atoms with Crippen molar-refractivity contribution in [2.45, 2.75) is 44.0 Å². The van der Waals surface area contributed by atoms with Gasteiger partial charge in [-0.1, -0.05) is 24.3 Å². The Hall–Kier alpha value is -1.92. The van der Waals surface area contributed by atoms with Gasteiger partial charge in [0.05, 0.1) is 6.04 Å². The van der Waals surface area contributed by atoms with Gasteiger partial charge in [-0.2, -0.15) is 0 Å². The highest BCUT2D eigenvalue weighted by Crippen LogP contribution is 2.43. The van der Waals surface area contributed by atoms with E-state index in [-0.39, 0.29) is 24.5 Å². The van der Waals surface area contributed by atoms with Crippen LogP contribution in [0.5, 0.6) is 0 Å². The number of carbonyl (C=O) groups excluding carboxylic acids is 2. The molecule has 0 spiro atoms. The minimum atomic E-state index is -0.627. The number of fused-ring (bicyclic) bond motifs is 5. The Kier molecular flexibility index (Phi) is 4.02. The summed E-state index contributed by atoms with van der Waals surface area (Å²) in [4.78, 5) is 29.4. The third kappa shape index (κ3) is 2.61. The number of hydrogen-bond acceptors (Lipinski definition) is 4. The van der Waals surface area contributed by atoms with Gasteiger partial charge in [-0.3, -0.25) is 9.59 Å². The minimum Gasteiger partial charge on any atom is -0.356 e. The first-order chi connectivity index (χ1) is 13.0. The molecule has 0 saturated carbocycles. The number of likely N-dealkylation sites (tertiary alicyclic amines) is 1. The highest BCUT2D eigenvalue weighted by Gasteiger charge is 2.54. The van der Waals surface area contributed by atoms with Crippen LogP contribution in [0.3, 0.4) is 0 Å². The lowest BCUT2D eigenvalue weighted by atomic mass is 9.82. The van der Waals surface area contributed by atoms with Gasteiger partial charge in [0.2, 0.25) is 5.91 Å². The van der Waals surface area contributed by atoms with Crippen molar-refractivity contribution >= 4 is 11.8 Å². The second kappa shape index (κ2) is 6.31. The van der Waals surface area contributed by atoms with Gasteiger partial charge < -0.3 is 19.9 Å². The fourth-order valence-corrected chi connectivity index (χ4v) is 5.75. The summed E-state index contributed by atoms with van der Waals surface area (Å²) in [6, 6.07) is 8.74. The van der Waals surface area contributed by atoms with E-state index in [0.717, 1.165) is 24.2 Å². The number of nitrogens with one attached hydrogen (secondary N) is 1. The van der Waals surface area contributed by atoms with Gasteiger partial charge in [0.1, 0.15) is 6.61 Å². The zero-order chi connectivity index (χ0) is 18.7. The lowest BCUT2D eigenvalue weighted by Gasteiger charge is -2.40. The SMILES string of the molecule is Cc1ccccc1[C@@H]1[C@@H](C(=O)N2C[C@@H]3[C@H](C2)[C@@H]2CC[C@H]3N2)OCC(=O)N1C. The summed E-state index contributed by atoms with van der Waals surface area (Å²) in [6.07, 6.45) is 1.84. The van der Waals surface area contributed by atoms with Crippen molar-refractivity contribution in [3.05, 3.63) is 35.4 Å². The number of aryl methyl sites for hydroxylation is 1. The zero-order valence-electron chi connectivity index (χ0n) is 15.9. The molecule has 4 aliphatic heterocycles. The Bertz CT molecular complexity index is 764. The van der Waals surface area contributed by atoms with Crippen LogP contribution in [0, 0.1) is 18.8 Å². The van der Waals surface area contributed by atoms with Crippen LogP contribution < -0.4 is 5.32 Å². The molecule has 1 aromatic carbocycles. The molecule has 27 heavy (non-hydrogen) atoms. The second-order valence-electron chi connectivity index (χ2n) is 8.57. The van der Waals surface area contributed by atoms with Gasteiger partial charge in [-0.15, -0.1) is 0 Å². The van der Waals surface area contributed by atoms with Crippen molar-refractivity contribution in [3.8, 4) is 0 Å². The van der Waals surface area contributed by atoms with E-state index in [4.69, 9.17) is 4.74 Å². The van der Waals surface area contributed by atoms with E-state index in [2.05, 4.69) is 5.32 Å². The number of morpholine rings is 1. The molecule has 2 bridgehead atoms. The molecule has 4 heterocycles. The summed E-state index contributed by atoms with van der Waals surface area (Å²) in [5, 5.41) is 3.70. The normalized spacial score (nSPS) is 37.8. The number of likely N-dealkylation sites (N-methyl/N-ethyl adjacent to an activating group) is 1. The first-order valence-corrected chi connectivity index (χ1v) is 10.0. The van der Waals surface area contributed by atoms with E-state index in [1.54, 1.807) is 11.9 Å². The predicted molar refractivity (Wildman–Crippen MR) is 99.9 cm³/mol. The van der Waals surface area contributed by atoms with Gasteiger partial charge in [0, 0.05) is 32.2 Å². The fourth-order valence-electron chi connectivity index (χ4n) is 5.75. The van der Waals surface area contributed by atoms with Crippen molar-refractivity contribution in [2.24, 2.45) is 11.8 Å². The average molecular weight is 369 g/mol. The summed E-state index contributed by atoms with van der Waals surface area (Å²) in [7, 11) is 1.78. The van der Waals surface area contributed by atoms with Gasteiger partial charge in [-0.05, 0) is 42.7 Å². The third-order valence-electron chi connectivity index (χ3n) is 7.21. The smallest absolute Gasteiger partial charge is 0.254 e. The Balaban J connectivity index is 1.41. The summed E-state index contributed by atoms with van der Waals surface area (Å²) < 4.78 is 5.85. The molecule has 4 fully saturated rings. The van der Waals surface area contributed by atoms with Crippen molar-refractivity contribution in [2.75, 3.05) is 26.7 Å². The first kappa shape index (κ1) is 17.2. The summed E-state index contributed by atoms with van der Waals surface area (Å²) in [5.41, 5.74) is 2.07. The summed E-state index contributed by atoms with van der Waals surface area (Å²) in [6.45, 7) is 3.63. The highest BCUT2D eigenvalue weighted by molar-refractivity contribution is 5.86. The number of amides is 2. The van der Waals surface area contributed by atoms with Gasteiger partial charge in [0.25, 0.3) is 5.91 Å². The molecule has 5 rings (SSSR count). The molecular formula is C21H27N3O3. The molecule has 0 unspecified atom stereocenters. The zero-order valence-corrected chi connectivity index (χ0v) is 15.9. The molecule has 4 aliphatic rings. The van der Waals surface area contributed by atoms with Crippen molar-refractivity contribution in [1.29, 1.82) is 0 Å². The van der Waals surface area contributed by atoms with E-state index in [1.807, 2.05) is 36.1 Å². The first-order valence-electron chi connectivity index (χ1n) is 10.0. The van der Waals surface area contributed by atoms with Crippen LogP contribution >= 0.6 is 0 Å². The third-order valence-corrected chi connectivity index (χ3v) is 7.21. The molecule has 6 nitrogen and oxygen atoms in total. The number of nitrogens with zero attached hydrogens (tertiary/aromatic N) is 2. The molecule has 1 aromatic rings. The van der Waals surface area contributed by atoms with Crippen LogP contribution in [-0.4, -0.2) is 66.5 Å². The van der Waals surface area contributed by atoms with Crippen LogP contribution in [0.15, 0.2) is 24.3 Å². The molecule has 0 aromatic heterocycles. The number of ether oxygens (including phenoxy) is 1. The van der Waals surface area contributed by atoms with E-state index < -0.39 is 6.10 Å². The Morgan fingerprint density at radius 2 is 1.81 bits per heavy atom. The highest BCUT2D eigenvalue weighted by atomic mass is 16.5. The van der Waals surface area contributed by atoms with Crippen molar-refractivity contribution in [1.82, 2.24) is 15.1 Å². The van der Waals surface area contributed by atoms with Gasteiger partial charge >= 0.3 is 0 Å². The maximum atomic E-state index is 13.5. The van der Waals surface area contributed by atoms with Crippen LogP contribution in [0.1, 0.15) is 30.0 Å². The maximum absolute atomic E-state index is 13.5. The van der Waals surface area contributed by atoms with E-state index >= 15 is 0 Å². The Morgan fingerprint density at radius 3 is 2.48 bits per heavy atom. The molecule has 1 N–H and O–H groups in total. The van der Waals surface area contributed by atoms with Crippen LogP contribution in [0.25, 0.3) is 0 Å². The largest absolute Gasteiger partial charge is 0.356 e. The summed E-state index contributed by atoms with van der Waals surface area (Å²) >= 11 is 0. The van der Waals surface area contributed by atoms with Crippen molar-refractivity contribution < 1.29 is 14.3 Å². The van der Waals surface area contributed by atoms with E-state index in [1.165, 1.54) is 12.8 Å². The standard InChI is InChI=1S/C21H27N3O3/c1-12-5-3-4-6-13(12)19-20(27-11-18(25)23(19)2)21(26)24-9-14-15(10-24)17-8-7-16(14)22-17/h3-6,14-17,19-20,22H,7-11H2,1-2H3/t14-,15+,16-,17+,19-,20+/m1/s1. The van der Waals surface area contributed by atoms with Crippen molar-refractivity contribution in [3.63, 3.8) is 0 Å². The van der Waals surface area contributed by atoms with Gasteiger partial charge in [0.15, 0.2) is 6.10 Å². The molecule has 4 saturated heterocycles. The summed E-state index contributed by atoms with van der Waals surface area (Å²) in [5.74, 6) is 1.12. The monoisotopic (exact) mass is 369 g/mol. The second-order valence-corrected chi connectivity index (χ2v) is 8.57. The number of hydrogen-bond donors (Lipinski definition) is 1. The number of benzene rings is 1. The Morgan fingerprint density at radius 1 is 1.15 bits per heavy atom.